The van der Waals surface area contributed by atoms with Gasteiger partial charge in [0.05, 0.1) is 0 Å². The van der Waals surface area contributed by atoms with Gasteiger partial charge < -0.3 is 5.32 Å². The first kappa shape index (κ1) is 9.26. The van der Waals surface area contributed by atoms with Gasteiger partial charge in [-0.25, -0.2) is 4.98 Å². The zero-order valence-corrected chi connectivity index (χ0v) is 7.24. The number of hydrogen-bond donors (Lipinski definition) is 2. The number of nitrogens with one attached hydrogen (secondary N) is 2. The quantitative estimate of drug-likeness (QED) is 0.637. The Morgan fingerprint density at radius 3 is 3.23 bits per heavy atom. The Labute approximate surface area is 75.9 Å². The Morgan fingerprint density at radius 1 is 1.92 bits per heavy atom. The fourth-order valence-electron chi connectivity index (χ4n) is 0.835. The van der Waals surface area contributed by atoms with E-state index in [0.29, 0.717) is 6.42 Å². The first-order valence-corrected chi connectivity index (χ1v) is 3.83. The molecule has 0 radical (unpaired) electrons. The Kier molecular flexibility index (Phi) is 3.03. The zero-order valence-electron chi connectivity index (χ0n) is 7.24. The standard InChI is InChI=1S/C8H10N4O/c1-3-4-6(2)11-8(13)7-9-5-10-12-7/h1,5-6H,4H2,2H3,(H,11,13)(H,9,10,12). The summed E-state index contributed by atoms with van der Waals surface area (Å²) < 4.78 is 0. The fourth-order valence-corrected chi connectivity index (χ4v) is 0.835. The molecule has 1 aromatic rings. The van der Waals surface area contributed by atoms with Gasteiger partial charge in [0.25, 0.3) is 5.91 Å². The molecule has 1 amide bonds. The third kappa shape index (κ3) is 2.60. The summed E-state index contributed by atoms with van der Waals surface area (Å²) in [6, 6.07) is -0.0531. The second-order valence-corrected chi connectivity index (χ2v) is 2.62. The molecule has 5 heteroatoms. The van der Waals surface area contributed by atoms with Gasteiger partial charge >= 0.3 is 0 Å². The van der Waals surface area contributed by atoms with Crippen molar-refractivity contribution < 1.29 is 4.79 Å². The van der Waals surface area contributed by atoms with Crippen molar-refractivity contribution in [1.29, 1.82) is 0 Å². The zero-order chi connectivity index (χ0) is 9.68. The Hall–Kier alpha value is -1.83. The van der Waals surface area contributed by atoms with Crippen molar-refractivity contribution in [3.8, 4) is 12.3 Å². The maximum atomic E-state index is 11.3. The van der Waals surface area contributed by atoms with E-state index >= 15 is 0 Å². The highest BCUT2D eigenvalue weighted by Gasteiger charge is 2.10. The van der Waals surface area contributed by atoms with E-state index in [0.717, 1.165) is 0 Å². The molecule has 68 valence electrons. The number of nitrogens with zero attached hydrogens (tertiary/aromatic N) is 2. The normalized spacial score (nSPS) is 11.7. The lowest BCUT2D eigenvalue weighted by atomic mass is 10.2. The van der Waals surface area contributed by atoms with Crippen LogP contribution in [0, 0.1) is 12.3 Å². The van der Waals surface area contributed by atoms with E-state index in [4.69, 9.17) is 6.42 Å². The molecule has 0 fully saturated rings. The Balaban J connectivity index is 2.48. The molecule has 0 aromatic carbocycles. The molecular formula is C8H10N4O. The molecule has 1 aromatic heterocycles. The van der Waals surface area contributed by atoms with Crippen LogP contribution in [0.2, 0.25) is 0 Å². The van der Waals surface area contributed by atoms with Crippen LogP contribution < -0.4 is 5.32 Å². The summed E-state index contributed by atoms with van der Waals surface area (Å²) in [6.07, 6.45) is 6.87. The van der Waals surface area contributed by atoms with Gasteiger partial charge in [-0.3, -0.25) is 9.89 Å². The minimum absolute atomic E-state index is 0.0531. The molecule has 0 saturated carbocycles. The SMILES string of the molecule is C#CCC(C)NC(=O)c1ncn[nH]1. The van der Waals surface area contributed by atoms with E-state index in [1.54, 1.807) is 0 Å². The van der Waals surface area contributed by atoms with Crippen molar-refractivity contribution in [3.63, 3.8) is 0 Å². The van der Waals surface area contributed by atoms with Gasteiger partial charge in [0, 0.05) is 12.5 Å². The number of amides is 1. The highest BCUT2D eigenvalue weighted by Crippen LogP contribution is 1.91. The van der Waals surface area contributed by atoms with E-state index < -0.39 is 0 Å². The van der Waals surface area contributed by atoms with Gasteiger partial charge in [0.2, 0.25) is 5.82 Å². The van der Waals surface area contributed by atoms with Crippen LogP contribution in [0.5, 0.6) is 0 Å². The molecule has 1 heterocycles. The van der Waals surface area contributed by atoms with Crippen LogP contribution in [0.3, 0.4) is 0 Å². The lowest BCUT2D eigenvalue weighted by Crippen LogP contribution is -2.32. The van der Waals surface area contributed by atoms with Gasteiger partial charge in [-0.05, 0) is 6.92 Å². The Morgan fingerprint density at radius 2 is 2.69 bits per heavy atom. The second kappa shape index (κ2) is 4.26. The summed E-state index contributed by atoms with van der Waals surface area (Å²) in [4.78, 5) is 15.0. The number of terminal acetylenes is 1. The molecule has 0 aliphatic rings. The first-order valence-electron chi connectivity index (χ1n) is 3.83. The maximum absolute atomic E-state index is 11.3. The minimum Gasteiger partial charge on any atom is -0.346 e. The minimum atomic E-state index is -0.291. The van der Waals surface area contributed by atoms with E-state index in [1.165, 1.54) is 6.33 Å². The van der Waals surface area contributed by atoms with Crippen LogP contribution in [-0.4, -0.2) is 27.1 Å². The number of carbonyl (C=O) groups is 1. The molecule has 2 N–H and O–H groups in total. The lowest BCUT2D eigenvalue weighted by molar-refractivity contribution is 0.0931. The number of aromatic amines is 1. The molecule has 0 bridgehead atoms. The van der Waals surface area contributed by atoms with Crippen LogP contribution >= 0.6 is 0 Å². The summed E-state index contributed by atoms with van der Waals surface area (Å²) in [5, 5.41) is 8.69. The summed E-state index contributed by atoms with van der Waals surface area (Å²) in [6.45, 7) is 1.83. The van der Waals surface area contributed by atoms with Crippen molar-refractivity contribution in [2.24, 2.45) is 0 Å². The molecule has 0 saturated heterocycles. The first-order chi connectivity index (χ1) is 6.24. The average Bonchev–Trinajstić information content (AvgIpc) is 2.55. The highest BCUT2D eigenvalue weighted by atomic mass is 16.2. The number of rotatable bonds is 3. The van der Waals surface area contributed by atoms with Gasteiger partial charge in [0.1, 0.15) is 6.33 Å². The molecule has 1 unspecified atom stereocenters. The van der Waals surface area contributed by atoms with Gasteiger partial charge in [-0.2, -0.15) is 5.10 Å². The molecule has 13 heavy (non-hydrogen) atoms. The van der Waals surface area contributed by atoms with Crippen molar-refractivity contribution in [3.05, 3.63) is 12.2 Å². The fraction of sp³-hybridized carbons (Fsp3) is 0.375. The van der Waals surface area contributed by atoms with Crippen LogP contribution in [0.15, 0.2) is 6.33 Å². The number of H-pyrrole nitrogens is 1. The average molecular weight is 178 g/mol. The predicted octanol–water partition coefficient (Wildman–Crippen LogP) is -0.0537. The van der Waals surface area contributed by atoms with Gasteiger partial charge in [-0.1, -0.05) is 0 Å². The molecule has 0 spiro atoms. The summed E-state index contributed by atoms with van der Waals surface area (Å²) in [7, 11) is 0. The molecule has 0 aliphatic carbocycles. The van der Waals surface area contributed by atoms with Crippen LogP contribution in [0.25, 0.3) is 0 Å². The molecule has 5 nitrogen and oxygen atoms in total. The van der Waals surface area contributed by atoms with Crippen LogP contribution in [0.1, 0.15) is 24.0 Å². The summed E-state index contributed by atoms with van der Waals surface area (Å²) >= 11 is 0. The van der Waals surface area contributed by atoms with E-state index in [2.05, 4.69) is 26.4 Å². The van der Waals surface area contributed by atoms with Crippen molar-refractivity contribution in [2.45, 2.75) is 19.4 Å². The number of aromatic nitrogens is 3. The third-order valence-corrected chi connectivity index (χ3v) is 1.43. The van der Waals surface area contributed by atoms with Crippen molar-refractivity contribution in [2.75, 3.05) is 0 Å². The number of carbonyl (C=O) groups excluding carboxylic acids is 1. The Bertz CT molecular complexity index is 311. The third-order valence-electron chi connectivity index (χ3n) is 1.43. The van der Waals surface area contributed by atoms with Crippen LogP contribution in [-0.2, 0) is 0 Å². The largest absolute Gasteiger partial charge is 0.346 e. The predicted molar refractivity (Wildman–Crippen MR) is 46.8 cm³/mol. The summed E-state index contributed by atoms with van der Waals surface area (Å²) in [5.74, 6) is 2.36. The molecular weight excluding hydrogens is 168 g/mol. The monoisotopic (exact) mass is 178 g/mol. The lowest BCUT2D eigenvalue weighted by Gasteiger charge is -2.08. The highest BCUT2D eigenvalue weighted by molar-refractivity contribution is 5.90. The maximum Gasteiger partial charge on any atom is 0.288 e. The van der Waals surface area contributed by atoms with Crippen molar-refractivity contribution in [1.82, 2.24) is 20.5 Å². The van der Waals surface area contributed by atoms with Crippen LogP contribution in [0.4, 0.5) is 0 Å². The number of hydrogen-bond acceptors (Lipinski definition) is 3. The summed E-state index contributed by atoms with van der Waals surface area (Å²) in [5.41, 5.74) is 0. The van der Waals surface area contributed by atoms with Gasteiger partial charge in [-0.15, -0.1) is 12.3 Å². The van der Waals surface area contributed by atoms with E-state index in [1.807, 2.05) is 6.92 Å². The molecule has 1 atom stereocenters. The topological polar surface area (TPSA) is 70.7 Å². The second-order valence-electron chi connectivity index (χ2n) is 2.62. The van der Waals surface area contributed by atoms with E-state index in [9.17, 15) is 4.79 Å². The smallest absolute Gasteiger partial charge is 0.288 e. The molecule has 1 rings (SSSR count). The van der Waals surface area contributed by atoms with E-state index in [-0.39, 0.29) is 17.8 Å². The van der Waals surface area contributed by atoms with Crippen molar-refractivity contribution >= 4 is 5.91 Å². The van der Waals surface area contributed by atoms with Gasteiger partial charge in [0.15, 0.2) is 0 Å². The molecule has 0 aliphatic heterocycles.